The van der Waals surface area contributed by atoms with Crippen LogP contribution in [0.4, 0.5) is 0 Å². The molecule has 0 saturated carbocycles. The topological polar surface area (TPSA) is 55.8 Å². The van der Waals surface area contributed by atoms with Gasteiger partial charge in [-0.05, 0) is 0 Å². The Morgan fingerprint density at radius 3 is 2.20 bits per heavy atom. The highest BCUT2D eigenvalue weighted by molar-refractivity contribution is 6.42. The molecule has 2 aliphatic heterocycles. The third-order valence-corrected chi connectivity index (χ3v) is 3.86. The van der Waals surface area contributed by atoms with Crippen molar-refractivity contribution in [3.8, 4) is 0 Å². The fourth-order valence-electron chi connectivity index (χ4n) is 2.69. The average Bonchev–Trinajstić information content (AvgIpc) is 2.96. The second kappa shape index (κ2) is 5.34. The van der Waals surface area contributed by atoms with Gasteiger partial charge in [0.05, 0.1) is 13.2 Å². The Morgan fingerprint density at radius 1 is 1.00 bits per heavy atom. The Kier molecular flexibility index (Phi) is 3.54. The normalized spacial score (nSPS) is 21.1. The highest BCUT2D eigenvalue weighted by Crippen LogP contribution is 2.31. The van der Waals surface area contributed by atoms with Gasteiger partial charge in [-0.25, -0.2) is 0 Å². The van der Waals surface area contributed by atoms with Crippen LogP contribution in [0.5, 0.6) is 0 Å². The Hall–Kier alpha value is -1.72. The van der Waals surface area contributed by atoms with E-state index in [0.29, 0.717) is 44.7 Å². The van der Waals surface area contributed by atoms with E-state index in [4.69, 9.17) is 9.47 Å². The number of rotatable bonds is 2. The van der Waals surface area contributed by atoms with E-state index in [1.54, 1.807) is 29.2 Å². The van der Waals surface area contributed by atoms with Crippen molar-refractivity contribution in [2.24, 2.45) is 0 Å². The van der Waals surface area contributed by atoms with Gasteiger partial charge < -0.3 is 14.4 Å². The summed E-state index contributed by atoms with van der Waals surface area (Å²) in [6, 6.07) is 8.66. The first-order valence-electron chi connectivity index (χ1n) is 6.87. The van der Waals surface area contributed by atoms with E-state index in [-0.39, 0.29) is 0 Å². The zero-order chi connectivity index (χ0) is 14.0. The number of hydrogen-bond donors (Lipinski definition) is 0. The molecule has 1 aromatic carbocycles. The molecule has 0 radical (unpaired) electrons. The fourth-order valence-corrected chi connectivity index (χ4v) is 2.69. The van der Waals surface area contributed by atoms with Crippen LogP contribution in [0, 0.1) is 0 Å². The zero-order valence-electron chi connectivity index (χ0n) is 11.2. The standard InChI is InChI=1S/C15H17NO4/c17-13(12-4-2-1-3-5-12)14(18)16-8-6-15(7-9-16)19-10-11-20-15/h1-5H,6-11H2. The molecule has 1 spiro atoms. The summed E-state index contributed by atoms with van der Waals surface area (Å²) in [4.78, 5) is 25.9. The van der Waals surface area contributed by atoms with E-state index in [2.05, 4.69) is 0 Å². The number of hydrogen-bond acceptors (Lipinski definition) is 4. The maximum Gasteiger partial charge on any atom is 0.294 e. The maximum atomic E-state index is 12.2. The summed E-state index contributed by atoms with van der Waals surface area (Å²) in [5, 5.41) is 0. The van der Waals surface area contributed by atoms with Crippen molar-refractivity contribution in [1.82, 2.24) is 4.90 Å². The number of amides is 1. The minimum Gasteiger partial charge on any atom is -0.347 e. The van der Waals surface area contributed by atoms with Gasteiger partial charge in [-0.1, -0.05) is 30.3 Å². The van der Waals surface area contributed by atoms with Crippen LogP contribution < -0.4 is 0 Å². The zero-order valence-corrected chi connectivity index (χ0v) is 11.2. The third kappa shape index (κ3) is 2.46. The molecule has 0 bridgehead atoms. The molecule has 2 saturated heterocycles. The number of ether oxygens (including phenoxy) is 2. The van der Waals surface area contributed by atoms with Crippen molar-refractivity contribution in [3.05, 3.63) is 35.9 Å². The van der Waals surface area contributed by atoms with Crippen LogP contribution in [0.2, 0.25) is 0 Å². The minimum absolute atomic E-state index is 0.436. The lowest BCUT2D eigenvalue weighted by atomic mass is 10.0. The molecular formula is C15H17NO4. The lowest BCUT2D eigenvalue weighted by Gasteiger charge is -2.37. The molecule has 0 aromatic heterocycles. The first-order chi connectivity index (χ1) is 9.70. The number of carbonyl (C=O) groups is 2. The van der Waals surface area contributed by atoms with Crippen LogP contribution in [-0.4, -0.2) is 48.7 Å². The summed E-state index contributed by atoms with van der Waals surface area (Å²) >= 11 is 0. The molecular weight excluding hydrogens is 258 g/mol. The Bertz CT molecular complexity index is 498. The van der Waals surface area contributed by atoms with Crippen LogP contribution in [0.15, 0.2) is 30.3 Å². The molecule has 20 heavy (non-hydrogen) atoms. The van der Waals surface area contributed by atoms with E-state index in [0.717, 1.165) is 0 Å². The second-order valence-electron chi connectivity index (χ2n) is 5.09. The Morgan fingerprint density at radius 2 is 1.60 bits per heavy atom. The van der Waals surface area contributed by atoms with Crippen LogP contribution in [0.1, 0.15) is 23.2 Å². The van der Waals surface area contributed by atoms with Gasteiger partial charge in [-0.3, -0.25) is 9.59 Å². The van der Waals surface area contributed by atoms with Crippen LogP contribution >= 0.6 is 0 Å². The van der Waals surface area contributed by atoms with Gasteiger partial charge in [-0.2, -0.15) is 0 Å². The molecule has 0 unspecified atom stereocenters. The summed E-state index contributed by atoms with van der Waals surface area (Å²) in [5.74, 6) is -1.41. The summed E-state index contributed by atoms with van der Waals surface area (Å²) in [6.45, 7) is 2.21. The lowest BCUT2D eigenvalue weighted by molar-refractivity contribution is -0.186. The number of piperidine rings is 1. The molecule has 3 rings (SSSR count). The van der Waals surface area contributed by atoms with Gasteiger partial charge in [0.15, 0.2) is 5.79 Å². The van der Waals surface area contributed by atoms with Gasteiger partial charge in [-0.15, -0.1) is 0 Å². The molecule has 2 aliphatic rings. The van der Waals surface area contributed by atoms with Gasteiger partial charge in [0.2, 0.25) is 5.78 Å². The van der Waals surface area contributed by atoms with Gasteiger partial charge >= 0.3 is 0 Å². The smallest absolute Gasteiger partial charge is 0.294 e. The summed E-state index contributed by atoms with van der Waals surface area (Å²) < 4.78 is 11.2. The Labute approximate surface area is 117 Å². The first kappa shape index (κ1) is 13.3. The lowest BCUT2D eigenvalue weighted by Crippen LogP contribution is -2.49. The largest absolute Gasteiger partial charge is 0.347 e. The van der Waals surface area contributed by atoms with Crippen molar-refractivity contribution in [2.75, 3.05) is 26.3 Å². The van der Waals surface area contributed by atoms with Crippen molar-refractivity contribution < 1.29 is 19.1 Å². The van der Waals surface area contributed by atoms with E-state index >= 15 is 0 Å². The van der Waals surface area contributed by atoms with Crippen molar-refractivity contribution >= 4 is 11.7 Å². The number of benzene rings is 1. The second-order valence-corrected chi connectivity index (χ2v) is 5.09. The molecule has 2 heterocycles. The van der Waals surface area contributed by atoms with E-state index in [1.165, 1.54) is 0 Å². The quantitative estimate of drug-likeness (QED) is 0.602. The number of Topliss-reactive ketones (excluding diaryl/α,β-unsaturated/α-hetero) is 1. The van der Waals surface area contributed by atoms with Crippen LogP contribution in [0.3, 0.4) is 0 Å². The number of carbonyl (C=O) groups excluding carboxylic acids is 2. The van der Waals surface area contributed by atoms with Crippen molar-refractivity contribution in [1.29, 1.82) is 0 Å². The van der Waals surface area contributed by atoms with Gasteiger partial charge in [0, 0.05) is 31.5 Å². The summed E-state index contributed by atoms with van der Waals surface area (Å²) in [7, 11) is 0. The number of ketones is 1. The highest BCUT2D eigenvalue weighted by atomic mass is 16.7. The highest BCUT2D eigenvalue weighted by Gasteiger charge is 2.41. The molecule has 1 amide bonds. The van der Waals surface area contributed by atoms with E-state index in [1.807, 2.05) is 6.07 Å². The molecule has 0 N–H and O–H groups in total. The molecule has 0 atom stereocenters. The first-order valence-corrected chi connectivity index (χ1v) is 6.87. The SMILES string of the molecule is O=C(C(=O)N1CCC2(CC1)OCCO2)c1ccccc1. The molecule has 2 fully saturated rings. The number of likely N-dealkylation sites (tertiary alicyclic amines) is 1. The predicted octanol–water partition coefficient (Wildman–Crippen LogP) is 1.23. The summed E-state index contributed by atoms with van der Waals surface area (Å²) in [6.07, 6.45) is 1.25. The van der Waals surface area contributed by atoms with Crippen molar-refractivity contribution in [2.45, 2.75) is 18.6 Å². The minimum atomic E-state index is -0.521. The van der Waals surface area contributed by atoms with Crippen LogP contribution in [0.25, 0.3) is 0 Å². The average molecular weight is 275 g/mol. The Balaban J connectivity index is 1.63. The van der Waals surface area contributed by atoms with Crippen molar-refractivity contribution in [3.63, 3.8) is 0 Å². The third-order valence-electron chi connectivity index (χ3n) is 3.86. The van der Waals surface area contributed by atoms with Crippen LogP contribution in [-0.2, 0) is 14.3 Å². The van der Waals surface area contributed by atoms with Gasteiger partial charge in [0.1, 0.15) is 0 Å². The maximum absolute atomic E-state index is 12.2. The van der Waals surface area contributed by atoms with Gasteiger partial charge in [0.25, 0.3) is 5.91 Å². The summed E-state index contributed by atoms with van der Waals surface area (Å²) in [5.41, 5.74) is 0.436. The molecule has 0 aliphatic carbocycles. The number of nitrogens with zero attached hydrogens (tertiary/aromatic N) is 1. The fraction of sp³-hybridized carbons (Fsp3) is 0.467. The molecule has 1 aromatic rings. The molecule has 5 nitrogen and oxygen atoms in total. The molecule has 106 valence electrons. The van der Waals surface area contributed by atoms with E-state index in [9.17, 15) is 9.59 Å². The molecule has 5 heteroatoms. The predicted molar refractivity (Wildman–Crippen MR) is 71.2 cm³/mol. The monoisotopic (exact) mass is 275 g/mol. The van der Waals surface area contributed by atoms with E-state index < -0.39 is 17.5 Å².